The lowest BCUT2D eigenvalue weighted by atomic mass is 10.3. The highest BCUT2D eigenvalue weighted by molar-refractivity contribution is 7.99. The van der Waals surface area contributed by atoms with Crippen molar-refractivity contribution in [2.75, 3.05) is 12.3 Å². The first kappa shape index (κ1) is 16.5. The van der Waals surface area contributed by atoms with Crippen LogP contribution in [0, 0.1) is 6.92 Å². The Bertz CT molecular complexity index is 448. The number of nitrogens with one attached hydrogen (secondary N) is 2. The van der Waals surface area contributed by atoms with Crippen LogP contribution in [0.3, 0.4) is 0 Å². The normalized spacial score (nSPS) is 10.6. The fourth-order valence-corrected chi connectivity index (χ4v) is 2.08. The maximum atomic E-state index is 11.5. The van der Waals surface area contributed by atoms with E-state index in [1.807, 2.05) is 13.8 Å². The third kappa shape index (κ3) is 7.13. The van der Waals surface area contributed by atoms with Crippen molar-refractivity contribution < 1.29 is 14.1 Å². The van der Waals surface area contributed by atoms with Crippen molar-refractivity contribution in [3.05, 3.63) is 11.7 Å². The summed E-state index contributed by atoms with van der Waals surface area (Å²) >= 11 is 1.40. The molecule has 0 aliphatic rings. The van der Waals surface area contributed by atoms with Crippen molar-refractivity contribution in [1.29, 1.82) is 0 Å². The number of carbonyl (C=O) groups excluding carboxylic acids is 2. The van der Waals surface area contributed by atoms with Crippen LogP contribution in [0.25, 0.3) is 0 Å². The first-order chi connectivity index (χ1) is 9.47. The molecule has 0 radical (unpaired) electrons. The molecule has 0 aliphatic carbocycles. The first-order valence-corrected chi connectivity index (χ1v) is 7.56. The van der Waals surface area contributed by atoms with Crippen molar-refractivity contribution in [1.82, 2.24) is 20.8 Å². The van der Waals surface area contributed by atoms with Crippen molar-refractivity contribution in [3.63, 3.8) is 0 Å². The van der Waals surface area contributed by atoms with Gasteiger partial charge in [0.25, 0.3) is 0 Å². The van der Waals surface area contributed by atoms with Gasteiger partial charge in [-0.25, -0.2) is 0 Å². The summed E-state index contributed by atoms with van der Waals surface area (Å²) in [7, 11) is 0. The molecule has 0 bridgehead atoms. The minimum atomic E-state index is -0.104. The second-order valence-corrected chi connectivity index (χ2v) is 5.53. The van der Waals surface area contributed by atoms with Crippen LogP contribution in [0.4, 0.5) is 0 Å². The minimum absolute atomic E-state index is 0.0600. The number of nitrogens with zero attached hydrogens (tertiary/aromatic N) is 2. The summed E-state index contributed by atoms with van der Waals surface area (Å²) in [5.74, 6) is 1.76. The summed E-state index contributed by atoms with van der Waals surface area (Å²) in [6.07, 6.45) is 0.290. The molecule has 2 N–H and O–H groups in total. The standard InChI is InChI=1S/C12H20N4O3S/c1-8(2)14-11(17)4-5-13-12(18)7-20-6-10-15-9(3)19-16-10/h8H,4-7H2,1-3H3,(H,13,18)(H,14,17). The number of hydrogen-bond donors (Lipinski definition) is 2. The quantitative estimate of drug-likeness (QED) is 0.731. The van der Waals surface area contributed by atoms with Crippen LogP contribution in [0.2, 0.25) is 0 Å². The number of rotatable bonds is 8. The van der Waals surface area contributed by atoms with Gasteiger partial charge >= 0.3 is 0 Å². The molecule has 0 fully saturated rings. The zero-order chi connectivity index (χ0) is 15.0. The van der Waals surface area contributed by atoms with Crippen molar-refractivity contribution in [2.24, 2.45) is 0 Å². The Morgan fingerprint density at radius 1 is 1.35 bits per heavy atom. The molecule has 0 aliphatic heterocycles. The second kappa shape index (κ2) is 8.57. The number of aryl methyl sites for hydroxylation is 1. The Morgan fingerprint density at radius 2 is 2.10 bits per heavy atom. The van der Waals surface area contributed by atoms with E-state index in [2.05, 4.69) is 20.8 Å². The van der Waals surface area contributed by atoms with E-state index in [1.54, 1.807) is 6.92 Å². The highest BCUT2D eigenvalue weighted by Crippen LogP contribution is 2.08. The molecule has 20 heavy (non-hydrogen) atoms. The van der Waals surface area contributed by atoms with Gasteiger partial charge in [0.05, 0.1) is 11.5 Å². The lowest BCUT2D eigenvalue weighted by Gasteiger charge is -2.08. The maximum absolute atomic E-state index is 11.5. The molecule has 1 heterocycles. The Hall–Kier alpha value is -1.57. The van der Waals surface area contributed by atoms with Gasteiger partial charge in [-0.05, 0) is 13.8 Å². The monoisotopic (exact) mass is 300 g/mol. The van der Waals surface area contributed by atoms with Crippen LogP contribution in [0.1, 0.15) is 32.0 Å². The van der Waals surface area contributed by atoms with Gasteiger partial charge in [0.2, 0.25) is 17.7 Å². The Kier molecular flexibility index (Phi) is 7.06. The molecule has 1 aromatic heterocycles. The largest absolute Gasteiger partial charge is 0.355 e. The Labute approximate surface area is 122 Å². The molecule has 0 unspecified atom stereocenters. The van der Waals surface area contributed by atoms with Gasteiger partial charge in [-0.3, -0.25) is 9.59 Å². The molecule has 0 atom stereocenters. The molecular weight excluding hydrogens is 280 g/mol. The van der Waals surface area contributed by atoms with Crippen LogP contribution < -0.4 is 10.6 Å². The second-order valence-electron chi connectivity index (χ2n) is 4.54. The lowest BCUT2D eigenvalue weighted by molar-refractivity contribution is -0.121. The highest BCUT2D eigenvalue weighted by Gasteiger charge is 2.07. The predicted molar refractivity (Wildman–Crippen MR) is 76.1 cm³/mol. The summed E-state index contributed by atoms with van der Waals surface area (Å²) in [6, 6.07) is 0.118. The minimum Gasteiger partial charge on any atom is -0.355 e. The van der Waals surface area contributed by atoms with E-state index in [0.717, 1.165) is 0 Å². The molecule has 2 amide bonds. The molecular formula is C12H20N4O3S. The Balaban J connectivity index is 2.07. The zero-order valence-electron chi connectivity index (χ0n) is 11.9. The summed E-state index contributed by atoms with van der Waals surface area (Å²) in [6.45, 7) is 5.86. The number of aromatic nitrogens is 2. The van der Waals surface area contributed by atoms with E-state index in [0.29, 0.717) is 36.2 Å². The van der Waals surface area contributed by atoms with Gasteiger partial charge in [-0.2, -0.15) is 4.98 Å². The third-order valence-electron chi connectivity index (χ3n) is 2.16. The number of amides is 2. The van der Waals surface area contributed by atoms with Gasteiger partial charge in [-0.15, -0.1) is 11.8 Å². The van der Waals surface area contributed by atoms with E-state index in [-0.39, 0.29) is 17.9 Å². The SMILES string of the molecule is Cc1nc(CSCC(=O)NCCC(=O)NC(C)C)no1. The fourth-order valence-electron chi connectivity index (χ4n) is 1.40. The van der Waals surface area contributed by atoms with E-state index in [1.165, 1.54) is 11.8 Å². The van der Waals surface area contributed by atoms with Gasteiger partial charge in [0, 0.05) is 25.9 Å². The van der Waals surface area contributed by atoms with Crippen molar-refractivity contribution in [3.8, 4) is 0 Å². The maximum Gasteiger partial charge on any atom is 0.230 e. The lowest BCUT2D eigenvalue weighted by Crippen LogP contribution is -2.34. The van der Waals surface area contributed by atoms with Crippen LogP contribution in [0.15, 0.2) is 4.52 Å². The molecule has 0 spiro atoms. The topological polar surface area (TPSA) is 97.1 Å². The fraction of sp³-hybridized carbons (Fsp3) is 0.667. The molecule has 7 nitrogen and oxygen atoms in total. The van der Waals surface area contributed by atoms with Crippen LogP contribution in [-0.2, 0) is 15.3 Å². The smallest absolute Gasteiger partial charge is 0.230 e. The summed E-state index contributed by atoms with van der Waals surface area (Å²) in [5, 5.41) is 9.19. The molecule has 8 heteroatoms. The predicted octanol–water partition coefficient (Wildman–Crippen LogP) is 0.642. The van der Waals surface area contributed by atoms with Crippen LogP contribution >= 0.6 is 11.8 Å². The molecule has 112 valence electrons. The average Bonchev–Trinajstić information content (AvgIpc) is 2.74. The van der Waals surface area contributed by atoms with Gasteiger partial charge in [-0.1, -0.05) is 5.16 Å². The van der Waals surface area contributed by atoms with E-state index < -0.39 is 0 Å². The summed E-state index contributed by atoms with van der Waals surface area (Å²) < 4.78 is 4.83. The first-order valence-electron chi connectivity index (χ1n) is 6.40. The van der Waals surface area contributed by atoms with Crippen LogP contribution in [-0.4, -0.2) is 40.3 Å². The summed E-state index contributed by atoms with van der Waals surface area (Å²) in [4.78, 5) is 26.9. The van der Waals surface area contributed by atoms with Crippen LogP contribution in [0.5, 0.6) is 0 Å². The van der Waals surface area contributed by atoms with Gasteiger partial charge < -0.3 is 15.2 Å². The average molecular weight is 300 g/mol. The van der Waals surface area contributed by atoms with E-state index in [9.17, 15) is 9.59 Å². The highest BCUT2D eigenvalue weighted by atomic mass is 32.2. The van der Waals surface area contributed by atoms with Crippen molar-refractivity contribution >= 4 is 23.6 Å². The number of thioether (sulfide) groups is 1. The van der Waals surface area contributed by atoms with E-state index >= 15 is 0 Å². The third-order valence-corrected chi connectivity index (χ3v) is 3.09. The summed E-state index contributed by atoms with van der Waals surface area (Å²) in [5.41, 5.74) is 0. The zero-order valence-corrected chi connectivity index (χ0v) is 12.7. The molecule has 0 saturated carbocycles. The Morgan fingerprint density at radius 3 is 2.70 bits per heavy atom. The molecule has 0 saturated heterocycles. The van der Waals surface area contributed by atoms with Gasteiger partial charge in [0.15, 0.2) is 5.82 Å². The van der Waals surface area contributed by atoms with E-state index in [4.69, 9.17) is 4.52 Å². The molecule has 1 rings (SSSR count). The van der Waals surface area contributed by atoms with Crippen molar-refractivity contribution in [2.45, 2.75) is 39.0 Å². The number of hydrogen-bond acceptors (Lipinski definition) is 6. The molecule has 1 aromatic rings. The number of carbonyl (C=O) groups is 2. The molecule has 0 aromatic carbocycles. The van der Waals surface area contributed by atoms with Gasteiger partial charge in [0.1, 0.15) is 0 Å².